The van der Waals surface area contributed by atoms with Crippen LogP contribution in [0.1, 0.15) is 37.0 Å². The van der Waals surface area contributed by atoms with E-state index in [4.69, 9.17) is 17.3 Å². The number of likely N-dealkylation sites (tertiary alicyclic amines) is 1. The Kier molecular flexibility index (Phi) is 5.29. The third-order valence-electron chi connectivity index (χ3n) is 3.88. The average Bonchev–Trinajstić information content (AvgIpc) is 2.47. The Morgan fingerprint density at radius 3 is 2.50 bits per heavy atom. The number of piperidine rings is 1. The monoisotopic (exact) mass is 323 g/mol. The number of nitrogen functional groups attached to an aromatic ring is 1. The molecule has 0 aromatic heterocycles. The summed E-state index contributed by atoms with van der Waals surface area (Å²) in [5, 5.41) is 3.39. The summed E-state index contributed by atoms with van der Waals surface area (Å²) in [6.45, 7) is 4.97. The van der Waals surface area contributed by atoms with Crippen molar-refractivity contribution in [3.05, 3.63) is 28.8 Å². The molecule has 1 aromatic carbocycles. The number of hydrogen-bond acceptors (Lipinski definition) is 3. The van der Waals surface area contributed by atoms with E-state index < -0.39 is 0 Å². The van der Waals surface area contributed by atoms with Crippen molar-refractivity contribution in [3.8, 4) is 0 Å². The quantitative estimate of drug-likeness (QED) is 0.838. The van der Waals surface area contributed by atoms with Crippen molar-refractivity contribution in [3.63, 3.8) is 0 Å². The molecule has 1 saturated heterocycles. The number of nitrogens with two attached hydrogens (primary N) is 1. The molecular weight excluding hydrogens is 302 g/mol. The van der Waals surface area contributed by atoms with Crippen LogP contribution in [0.5, 0.6) is 0 Å². The fraction of sp³-hybridized carbons (Fsp3) is 0.500. The van der Waals surface area contributed by atoms with E-state index in [2.05, 4.69) is 5.32 Å². The van der Waals surface area contributed by atoms with E-state index in [9.17, 15) is 9.59 Å². The fourth-order valence-electron chi connectivity index (χ4n) is 2.47. The highest BCUT2D eigenvalue weighted by Gasteiger charge is 2.26. The SMILES string of the molecule is CC(C)C(=O)NC1CCN(C(=O)c2ccc(N)cc2Cl)CC1. The lowest BCUT2D eigenvalue weighted by Crippen LogP contribution is -2.47. The van der Waals surface area contributed by atoms with Gasteiger partial charge in [0.05, 0.1) is 10.6 Å². The van der Waals surface area contributed by atoms with Crippen LogP contribution in [0.3, 0.4) is 0 Å². The largest absolute Gasteiger partial charge is 0.399 e. The van der Waals surface area contributed by atoms with Gasteiger partial charge in [-0.25, -0.2) is 0 Å². The average molecular weight is 324 g/mol. The molecule has 0 spiro atoms. The number of nitrogens with zero attached hydrogens (tertiary/aromatic N) is 1. The summed E-state index contributed by atoms with van der Waals surface area (Å²) in [4.78, 5) is 26.0. The minimum absolute atomic E-state index is 0.0201. The number of anilines is 1. The Labute approximate surface area is 135 Å². The van der Waals surface area contributed by atoms with E-state index in [0.29, 0.717) is 29.4 Å². The van der Waals surface area contributed by atoms with Crippen LogP contribution >= 0.6 is 11.6 Å². The Balaban J connectivity index is 1.94. The summed E-state index contributed by atoms with van der Waals surface area (Å²) < 4.78 is 0. The van der Waals surface area contributed by atoms with Gasteiger partial charge < -0.3 is 16.0 Å². The van der Waals surface area contributed by atoms with Crippen molar-refractivity contribution < 1.29 is 9.59 Å². The molecule has 1 aromatic rings. The predicted molar refractivity (Wildman–Crippen MR) is 87.8 cm³/mol. The zero-order valence-electron chi connectivity index (χ0n) is 12.9. The second-order valence-electron chi connectivity index (χ2n) is 5.97. The van der Waals surface area contributed by atoms with E-state index in [1.54, 1.807) is 23.1 Å². The highest BCUT2D eigenvalue weighted by Crippen LogP contribution is 2.22. The maximum atomic E-state index is 12.5. The number of hydrogen-bond donors (Lipinski definition) is 2. The highest BCUT2D eigenvalue weighted by atomic mass is 35.5. The summed E-state index contributed by atoms with van der Waals surface area (Å²) in [7, 11) is 0. The standard InChI is InChI=1S/C16H22ClN3O2/c1-10(2)15(21)19-12-5-7-20(8-6-12)16(22)13-4-3-11(18)9-14(13)17/h3-4,9-10,12H,5-8,18H2,1-2H3,(H,19,21). The summed E-state index contributed by atoms with van der Waals surface area (Å²) in [6.07, 6.45) is 1.52. The van der Waals surface area contributed by atoms with Crippen molar-refractivity contribution in [2.24, 2.45) is 5.92 Å². The van der Waals surface area contributed by atoms with Crippen LogP contribution in [0.2, 0.25) is 5.02 Å². The zero-order chi connectivity index (χ0) is 16.3. The van der Waals surface area contributed by atoms with Gasteiger partial charge in [0, 0.05) is 30.7 Å². The topological polar surface area (TPSA) is 75.4 Å². The van der Waals surface area contributed by atoms with Gasteiger partial charge in [-0.3, -0.25) is 9.59 Å². The van der Waals surface area contributed by atoms with Gasteiger partial charge in [0.2, 0.25) is 5.91 Å². The molecule has 1 aliphatic rings. The molecule has 0 saturated carbocycles. The Bertz CT molecular complexity index is 567. The number of halogens is 1. The lowest BCUT2D eigenvalue weighted by atomic mass is 10.0. The lowest BCUT2D eigenvalue weighted by Gasteiger charge is -2.33. The first-order chi connectivity index (χ1) is 10.4. The van der Waals surface area contributed by atoms with Gasteiger partial charge in [0.1, 0.15) is 0 Å². The second kappa shape index (κ2) is 7.01. The number of carbonyl (C=O) groups is 2. The van der Waals surface area contributed by atoms with Crippen LogP contribution in [-0.4, -0.2) is 35.8 Å². The normalized spacial score (nSPS) is 15.9. The molecule has 0 radical (unpaired) electrons. The van der Waals surface area contributed by atoms with Crippen LogP contribution in [-0.2, 0) is 4.79 Å². The van der Waals surface area contributed by atoms with E-state index in [0.717, 1.165) is 12.8 Å². The molecule has 6 heteroatoms. The van der Waals surface area contributed by atoms with Crippen molar-refractivity contribution in [2.45, 2.75) is 32.7 Å². The third kappa shape index (κ3) is 3.91. The van der Waals surface area contributed by atoms with Gasteiger partial charge in [-0.2, -0.15) is 0 Å². The highest BCUT2D eigenvalue weighted by molar-refractivity contribution is 6.34. The van der Waals surface area contributed by atoms with Crippen molar-refractivity contribution >= 4 is 29.1 Å². The molecule has 120 valence electrons. The van der Waals surface area contributed by atoms with Gasteiger partial charge in [-0.05, 0) is 31.0 Å². The predicted octanol–water partition coefficient (Wildman–Crippen LogP) is 2.30. The molecule has 0 unspecified atom stereocenters. The van der Waals surface area contributed by atoms with Crippen LogP contribution in [0, 0.1) is 5.92 Å². The Morgan fingerprint density at radius 1 is 1.32 bits per heavy atom. The lowest BCUT2D eigenvalue weighted by molar-refractivity contribution is -0.124. The molecule has 0 atom stereocenters. The van der Waals surface area contributed by atoms with Gasteiger partial charge >= 0.3 is 0 Å². The first-order valence-electron chi connectivity index (χ1n) is 7.53. The first kappa shape index (κ1) is 16.6. The van der Waals surface area contributed by atoms with Gasteiger partial charge in [-0.1, -0.05) is 25.4 Å². The summed E-state index contributed by atoms with van der Waals surface area (Å²) in [6, 6.07) is 5.06. The minimum atomic E-state index is -0.0846. The number of rotatable bonds is 3. The van der Waals surface area contributed by atoms with Crippen molar-refractivity contribution in [2.75, 3.05) is 18.8 Å². The van der Waals surface area contributed by atoms with E-state index in [1.807, 2.05) is 13.8 Å². The van der Waals surface area contributed by atoms with Gasteiger partial charge in [0.25, 0.3) is 5.91 Å². The molecule has 3 N–H and O–H groups in total. The van der Waals surface area contributed by atoms with Crippen LogP contribution in [0.4, 0.5) is 5.69 Å². The molecule has 1 fully saturated rings. The van der Waals surface area contributed by atoms with Crippen molar-refractivity contribution in [1.29, 1.82) is 0 Å². The molecule has 5 nitrogen and oxygen atoms in total. The molecule has 2 rings (SSSR count). The number of carbonyl (C=O) groups excluding carboxylic acids is 2. The molecule has 1 aliphatic heterocycles. The summed E-state index contributed by atoms with van der Waals surface area (Å²) in [5.41, 5.74) is 6.66. The van der Waals surface area contributed by atoms with Crippen LogP contribution in [0.15, 0.2) is 18.2 Å². The summed E-state index contributed by atoms with van der Waals surface area (Å²) >= 11 is 6.09. The molecule has 22 heavy (non-hydrogen) atoms. The van der Waals surface area contributed by atoms with E-state index >= 15 is 0 Å². The minimum Gasteiger partial charge on any atom is -0.399 e. The van der Waals surface area contributed by atoms with Crippen molar-refractivity contribution in [1.82, 2.24) is 10.2 Å². The van der Waals surface area contributed by atoms with Crippen LogP contribution in [0.25, 0.3) is 0 Å². The summed E-state index contributed by atoms with van der Waals surface area (Å²) in [5.74, 6) is -0.0433. The number of amides is 2. The van der Waals surface area contributed by atoms with Gasteiger partial charge in [-0.15, -0.1) is 0 Å². The Hall–Kier alpha value is -1.75. The molecule has 0 aliphatic carbocycles. The smallest absolute Gasteiger partial charge is 0.255 e. The first-order valence-corrected chi connectivity index (χ1v) is 7.91. The third-order valence-corrected chi connectivity index (χ3v) is 4.19. The van der Waals surface area contributed by atoms with Crippen LogP contribution < -0.4 is 11.1 Å². The van der Waals surface area contributed by atoms with E-state index in [-0.39, 0.29) is 23.8 Å². The van der Waals surface area contributed by atoms with Gasteiger partial charge in [0.15, 0.2) is 0 Å². The molecule has 1 heterocycles. The molecule has 0 bridgehead atoms. The molecular formula is C16H22ClN3O2. The zero-order valence-corrected chi connectivity index (χ0v) is 13.7. The molecule has 2 amide bonds. The van der Waals surface area contributed by atoms with E-state index in [1.165, 1.54) is 0 Å². The fourth-order valence-corrected chi connectivity index (χ4v) is 2.74. The number of nitrogens with one attached hydrogen (secondary N) is 1. The Morgan fingerprint density at radius 2 is 1.95 bits per heavy atom. The maximum absolute atomic E-state index is 12.5. The second-order valence-corrected chi connectivity index (χ2v) is 6.38. The maximum Gasteiger partial charge on any atom is 0.255 e. The number of benzene rings is 1.